The predicted octanol–water partition coefficient (Wildman–Crippen LogP) is 3.18. The largest absolute Gasteiger partial charge is 0.399 e. The van der Waals surface area contributed by atoms with Crippen LogP contribution in [0.5, 0.6) is 0 Å². The van der Waals surface area contributed by atoms with Crippen LogP contribution in [0.3, 0.4) is 0 Å². The zero-order valence-electron chi connectivity index (χ0n) is 8.70. The predicted molar refractivity (Wildman–Crippen MR) is 72.5 cm³/mol. The van der Waals surface area contributed by atoms with Crippen LogP contribution in [-0.2, 0) is 0 Å². The van der Waals surface area contributed by atoms with Crippen molar-refractivity contribution in [3.8, 4) is 0 Å². The molecule has 0 atom stereocenters. The molecule has 1 heterocycles. The Morgan fingerprint density at radius 3 is 3.00 bits per heavy atom. The molecule has 0 aliphatic heterocycles. The van der Waals surface area contributed by atoms with E-state index >= 15 is 0 Å². The Morgan fingerprint density at radius 2 is 2.25 bits per heavy atom. The van der Waals surface area contributed by atoms with Crippen molar-refractivity contribution >= 4 is 38.2 Å². The number of nitrogens with two attached hydrogens (primary N) is 1. The Morgan fingerprint density at radius 1 is 1.44 bits per heavy atom. The van der Waals surface area contributed by atoms with Crippen LogP contribution in [0.15, 0.2) is 41.5 Å². The van der Waals surface area contributed by atoms with Crippen molar-refractivity contribution in [1.29, 1.82) is 0 Å². The molecule has 0 radical (unpaired) electrons. The van der Waals surface area contributed by atoms with Crippen LogP contribution in [0.2, 0.25) is 0 Å². The highest BCUT2D eigenvalue weighted by Crippen LogP contribution is 2.29. The summed E-state index contributed by atoms with van der Waals surface area (Å²) >= 11 is 3.47. The number of nitrogens with zero attached hydrogens (tertiary/aromatic N) is 1. The molecule has 3 N–H and O–H groups in total. The highest BCUT2D eigenvalue weighted by atomic mass is 79.9. The Balaban J connectivity index is 2.60. The van der Waals surface area contributed by atoms with Crippen molar-refractivity contribution < 1.29 is 0 Å². The van der Waals surface area contributed by atoms with E-state index in [4.69, 9.17) is 5.73 Å². The van der Waals surface area contributed by atoms with Crippen LogP contribution in [0.4, 0.5) is 11.5 Å². The number of aromatic nitrogens is 1. The van der Waals surface area contributed by atoms with Gasteiger partial charge in [-0.1, -0.05) is 12.1 Å². The minimum atomic E-state index is 0.679. The molecule has 0 saturated carbocycles. The summed E-state index contributed by atoms with van der Waals surface area (Å²) in [7, 11) is 0. The van der Waals surface area contributed by atoms with Crippen LogP contribution in [0, 0.1) is 0 Å². The second kappa shape index (κ2) is 4.53. The lowest BCUT2D eigenvalue weighted by atomic mass is 10.1. The molecule has 0 aliphatic rings. The van der Waals surface area contributed by atoms with Gasteiger partial charge in [-0.3, -0.25) is 0 Å². The highest BCUT2D eigenvalue weighted by molar-refractivity contribution is 9.10. The van der Waals surface area contributed by atoms with E-state index in [1.54, 1.807) is 12.3 Å². The topological polar surface area (TPSA) is 50.9 Å². The average Bonchev–Trinajstić information content (AvgIpc) is 2.28. The number of pyridine rings is 1. The Kier molecular flexibility index (Phi) is 3.10. The van der Waals surface area contributed by atoms with Crippen LogP contribution >= 0.6 is 15.9 Å². The molecule has 1 aromatic carbocycles. The summed E-state index contributed by atoms with van der Waals surface area (Å²) in [6.45, 7) is 4.35. The van der Waals surface area contributed by atoms with E-state index in [2.05, 4.69) is 32.8 Å². The van der Waals surface area contributed by atoms with Crippen LogP contribution in [-0.4, -0.2) is 11.5 Å². The third-order valence-corrected chi connectivity index (χ3v) is 2.91. The molecular formula is C12H12BrN3. The number of rotatable bonds is 3. The molecular weight excluding hydrogens is 266 g/mol. The number of benzene rings is 1. The van der Waals surface area contributed by atoms with Gasteiger partial charge in [0.2, 0.25) is 0 Å². The van der Waals surface area contributed by atoms with Crippen molar-refractivity contribution in [1.82, 2.24) is 4.98 Å². The minimum Gasteiger partial charge on any atom is -0.399 e. The molecule has 82 valence electrons. The molecule has 0 unspecified atom stereocenters. The van der Waals surface area contributed by atoms with Gasteiger partial charge in [0.1, 0.15) is 5.82 Å². The first-order valence-electron chi connectivity index (χ1n) is 4.91. The summed E-state index contributed by atoms with van der Waals surface area (Å²) in [4.78, 5) is 4.32. The Hall–Kier alpha value is -1.55. The summed E-state index contributed by atoms with van der Waals surface area (Å²) in [5, 5.41) is 5.29. The molecule has 2 aromatic rings. The zero-order valence-corrected chi connectivity index (χ0v) is 10.3. The number of nitrogen functional groups attached to an aromatic ring is 1. The van der Waals surface area contributed by atoms with Crippen molar-refractivity contribution in [2.24, 2.45) is 0 Å². The summed E-state index contributed by atoms with van der Waals surface area (Å²) in [6, 6.07) is 5.78. The fourth-order valence-electron chi connectivity index (χ4n) is 1.54. The molecule has 2 rings (SSSR count). The summed E-state index contributed by atoms with van der Waals surface area (Å²) in [6.07, 6.45) is 3.58. The summed E-state index contributed by atoms with van der Waals surface area (Å²) in [5.41, 5.74) is 6.51. The lowest BCUT2D eigenvalue weighted by Gasteiger charge is -2.08. The third kappa shape index (κ3) is 2.02. The number of anilines is 2. The molecule has 4 heteroatoms. The normalized spacial score (nSPS) is 10.3. The maximum Gasteiger partial charge on any atom is 0.134 e. The fraction of sp³-hybridized carbons (Fsp3) is 0.0833. The molecule has 3 nitrogen and oxygen atoms in total. The smallest absolute Gasteiger partial charge is 0.134 e. The van der Waals surface area contributed by atoms with Gasteiger partial charge in [-0.15, -0.1) is 6.58 Å². The van der Waals surface area contributed by atoms with Crippen molar-refractivity contribution in [2.45, 2.75) is 0 Å². The molecule has 1 aromatic heterocycles. The zero-order chi connectivity index (χ0) is 11.5. The van der Waals surface area contributed by atoms with E-state index in [-0.39, 0.29) is 0 Å². The van der Waals surface area contributed by atoms with E-state index in [1.165, 1.54) is 0 Å². The molecule has 0 aliphatic carbocycles. The van der Waals surface area contributed by atoms with E-state index in [0.29, 0.717) is 6.54 Å². The van der Waals surface area contributed by atoms with Gasteiger partial charge >= 0.3 is 0 Å². The molecule has 0 saturated heterocycles. The lowest BCUT2D eigenvalue weighted by molar-refractivity contribution is 1.24. The first kappa shape index (κ1) is 11.0. The second-order valence-corrected chi connectivity index (χ2v) is 4.28. The first-order chi connectivity index (χ1) is 7.72. The Bertz CT molecular complexity index is 537. The average molecular weight is 278 g/mol. The fourth-order valence-corrected chi connectivity index (χ4v) is 1.98. The van der Waals surface area contributed by atoms with Crippen LogP contribution < -0.4 is 11.1 Å². The SMILES string of the molecule is C=CCNc1ncc(Br)c2ccc(N)cc12. The highest BCUT2D eigenvalue weighted by Gasteiger charge is 2.05. The van der Waals surface area contributed by atoms with Gasteiger partial charge in [0, 0.05) is 33.7 Å². The number of hydrogen-bond acceptors (Lipinski definition) is 3. The van der Waals surface area contributed by atoms with E-state index in [0.717, 1.165) is 26.8 Å². The number of fused-ring (bicyclic) bond motifs is 1. The molecule has 0 spiro atoms. The quantitative estimate of drug-likeness (QED) is 0.669. The third-order valence-electron chi connectivity index (χ3n) is 2.28. The van der Waals surface area contributed by atoms with Gasteiger partial charge in [0.25, 0.3) is 0 Å². The molecule has 16 heavy (non-hydrogen) atoms. The standard InChI is InChI=1S/C12H12BrN3/c1-2-5-15-12-10-6-8(14)3-4-9(10)11(13)7-16-12/h2-4,6-7H,1,5,14H2,(H,15,16). The lowest BCUT2D eigenvalue weighted by Crippen LogP contribution is -2.01. The summed E-state index contributed by atoms with van der Waals surface area (Å²) in [5.74, 6) is 0.824. The van der Waals surface area contributed by atoms with Gasteiger partial charge in [-0.25, -0.2) is 4.98 Å². The van der Waals surface area contributed by atoms with Gasteiger partial charge < -0.3 is 11.1 Å². The van der Waals surface area contributed by atoms with Crippen LogP contribution in [0.1, 0.15) is 0 Å². The monoisotopic (exact) mass is 277 g/mol. The van der Waals surface area contributed by atoms with Gasteiger partial charge in [-0.2, -0.15) is 0 Å². The molecule has 0 fully saturated rings. The second-order valence-electron chi connectivity index (χ2n) is 3.43. The minimum absolute atomic E-state index is 0.679. The number of halogens is 1. The van der Waals surface area contributed by atoms with Crippen molar-refractivity contribution in [2.75, 3.05) is 17.6 Å². The molecule has 0 bridgehead atoms. The Labute approximate surface area is 102 Å². The number of hydrogen-bond donors (Lipinski definition) is 2. The maximum atomic E-state index is 5.78. The van der Waals surface area contributed by atoms with Gasteiger partial charge in [0.05, 0.1) is 0 Å². The molecule has 0 amide bonds. The number of nitrogens with one attached hydrogen (secondary N) is 1. The van der Waals surface area contributed by atoms with E-state index in [9.17, 15) is 0 Å². The van der Waals surface area contributed by atoms with Gasteiger partial charge in [-0.05, 0) is 28.1 Å². The summed E-state index contributed by atoms with van der Waals surface area (Å²) < 4.78 is 0.964. The first-order valence-corrected chi connectivity index (χ1v) is 5.70. The van der Waals surface area contributed by atoms with E-state index < -0.39 is 0 Å². The van der Waals surface area contributed by atoms with Crippen molar-refractivity contribution in [3.63, 3.8) is 0 Å². The van der Waals surface area contributed by atoms with Crippen molar-refractivity contribution in [3.05, 3.63) is 41.5 Å². The maximum absolute atomic E-state index is 5.78. The van der Waals surface area contributed by atoms with Crippen LogP contribution in [0.25, 0.3) is 10.8 Å². The van der Waals surface area contributed by atoms with E-state index in [1.807, 2.05) is 18.2 Å². The van der Waals surface area contributed by atoms with Gasteiger partial charge in [0.15, 0.2) is 0 Å².